The zero-order valence-corrected chi connectivity index (χ0v) is 17.0. The minimum atomic E-state index is -2.08. The van der Waals surface area contributed by atoms with Gasteiger partial charge in [0.15, 0.2) is 5.78 Å². The number of carbonyl (C=O) groups is 3. The Morgan fingerprint density at radius 2 is 1.81 bits per heavy atom. The van der Waals surface area contributed by atoms with Crippen LogP contribution in [-0.4, -0.2) is 50.8 Å². The van der Waals surface area contributed by atoms with Crippen LogP contribution in [0.3, 0.4) is 0 Å². The topological polar surface area (TPSA) is 127 Å². The molecule has 8 heteroatoms. The first-order valence-electron chi connectivity index (χ1n) is 8.62. The molecular formula is C18H25NO6Si. The van der Waals surface area contributed by atoms with Crippen LogP contribution in [0.4, 0.5) is 0 Å². The molecule has 0 saturated heterocycles. The average molecular weight is 379 g/mol. The molecule has 0 aliphatic heterocycles. The summed E-state index contributed by atoms with van der Waals surface area (Å²) < 4.78 is 5.07. The van der Waals surface area contributed by atoms with E-state index in [9.17, 15) is 24.6 Å². The fourth-order valence-electron chi connectivity index (χ4n) is 4.14. The third-order valence-electron chi connectivity index (χ3n) is 5.56. The van der Waals surface area contributed by atoms with Gasteiger partial charge in [-0.05, 0) is 42.6 Å². The average Bonchev–Trinajstić information content (AvgIpc) is 2.60. The Kier molecular flexibility index (Phi) is 5.87. The van der Waals surface area contributed by atoms with Crippen LogP contribution in [0.15, 0.2) is 24.3 Å². The highest BCUT2D eigenvalue weighted by molar-refractivity contribution is 6.17. The number of aliphatic carboxylic acids is 1. The highest BCUT2D eigenvalue weighted by atomic mass is 28.1. The zero-order valence-electron chi connectivity index (χ0n) is 15.0. The van der Waals surface area contributed by atoms with Crippen LogP contribution in [0.2, 0.25) is 5.54 Å². The summed E-state index contributed by atoms with van der Waals surface area (Å²) >= 11 is 0. The van der Waals surface area contributed by atoms with E-state index in [1.807, 2.05) is 0 Å². The summed E-state index contributed by atoms with van der Waals surface area (Å²) in [5, 5.41) is 21.4. The zero-order chi connectivity index (χ0) is 19.5. The lowest BCUT2D eigenvalue weighted by atomic mass is 9.58. The maximum atomic E-state index is 13.2. The predicted octanol–water partition coefficient (Wildman–Crippen LogP) is 0.283. The molecule has 2 rings (SSSR count). The van der Waals surface area contributed by atoms with E-state index in [0.717, 1.165) is 0 Å². The molecule has 0 bridgehead atoms. The molecule has 26 heavy (non-hydrogen) atoms. The number of ketones is 1. The monoisotopic (exact) mass is 379 g/mol. The molecule has 4 N–H and O–H groups in total. The minimum absolute atomic E-state index is 0.0433. The van der Waals surface area contributed by atoms with Crippen LogP contribution >= 0.6 is 0 Å². The Balaban J connectivity index is 2.52. The van der Waals surface area contributed by atoms with Crippen molar-refractivity contribution in [2.24, 2.45) is 11.1 Å². The van der Waals surface area contributed by atoms with Crippen LogP contribution in [0.25, 0.3) is 0 Å². The van der Waals surface area contributed by atoms with Gasteiger partial charge in [-0.1, -0.05) is 12.8 Å². The Labute approximate surface area is 155 Å². The van der Waals surface area contributed by atoms with Gasteiger partial charge in [0.05, 0.1) is 7.11 Å². The largest absolute Gasteiger partial charge is 0.497 e. The molecule has 0 radical (unpaired) electrons. The maximum absolute atomic E-state index is 13.2. The van der Waals surface area contributed by atoms with Crippen molar-refractivity contribution in [2.45, 2.75) is 43.2 Å². The Morgan fingerprint density at radius 1 is 1.23 bits per heavy atom. The van der Waals surface area contributed by atoms with Gasteiger partial charge in [0.2, 0.25) is 5.91 Å². The molecule has 0 aromatic heterocycles. The number of ether oxygens (including phenoxy) is 1. The molecule has 3 unspecified atom stereocenters. The first kappa shape index (κ1) is 20.1. The van der Waals surface area contributed by atoms with E-state index in [-0.39, 0.29) is 24.8 Å². The molecule has 3 atom stereocenters. The van der Waals surface area contributed by atoms with E-state index in [1.165, 1.54) is 19.2 Å². The van der Waals surface area contributed by atoms with Crippen molar-refractivity contribution in [3.8, 4) is 5.75 Å². The molecule has 0 heterocycles. The second-order valence-corrected chi connectivity index (χ2v) is 8.37. The van der Waals surface area contributed by atoms with Gasteiger partial charge in [0.25, 0.3) is 0 Å². The molecule has 1 aliphatic carbocycles. The smallest absolute Gasteiger partial charge is 0.313 e. The number of carboxylic acids is 1. The molecule has 1 amide bonds. The summed E-state index contributed by atoms with van der Waals surface area (Å²) in [6.45, 7) is 0. The van der Waals surface area contributed by atoms with Crippen molar-refractivity contribution in [1.82, 2.24) is 0 Å². The molecule has 1 aliphatic rings. The van der Waals surface area contributed by atoms with Gasteiger partial charge >= 0.3 is 5.97 Å². The molecule has 7 nitrogen and oxygen atoms in total. The van der Waals surface area contributed by atoms with E-state index in [1.54, 1.807) is 12.1 Å². The molecule has 1 saturated carbocycles. The van der Waals surface area contributed by atoms with Crippen molar-refractivity contribution >= 4 is 27.9 Å². The third-order valence-corrected chi connectivity index (χ3v) is 6.95. The summed E-state index contributed by atoms with van der Waals surface area (Å²) in [4.78, 5) is 36.9. The van der Waals surface area contributed by atoms with Gasteiger partial charge < -0.3 is 20.7 Å². The molecule has 1 fully saturated rings. The van der Waals surface area contributed by atoms with Gasteiger partial charge in [0, 0.05) is 22.2 Å². The lowest BCUT2D eigenvalue weighted by Gasteiger charge is -2.49. The van der Waals surface area contributed by atoms with Gasteiger partial charge in [-0.3, -0.25) is 14.4 Å². The number of amides is 1. The van der Waals surface area contributed by atoms with Gasteiger partial charge in [-0.15, -0.1) is 0 Å². The molecule has 1 aromatic carbocycles. The van der Waals surface area contributed by atoms with Crippen LogP contribution in [-0.2, 0) is 9.59 Å². The van der Waals surface area contributed by atoms with E-state index in [4.69, 9.17) is 10.5 Å². The Hall–Kier alpha value is -2.19. The van der Waals surface area contributed by atoms with Crippen molar-refractivity contribution in [3.05, 3.63) is 29.8 Å². The van der Waals surface area contributed by atoms with E-state index >= 15 is 0 Å². The molecule has 142 valence electrons. The van der Waals surface area contributed by atoms with Crippen molar-refractivity contribution in [3.63, 3.8) is 0 Å². The van der Waals surface area contributed by atoms with Gasteiger partial charge in [-0.2, -0.15) is 0 Å². The number of rotatable bonds is 7. The number of carbonyl (C=O) groups excluding carboxylic acids is 2. The minimum Gasteiger partial charge on any atom is -0.497 e. The van der Waals surface area contributed by atoms with Crippen molar-refractivity contribution in [1.29, 1.82) is 0 Å². The first-order chi connectivity index (χ1) is 12.2. The predicted molar refractivity (Wildman–Crippen MR) is 98.3 cm³/mol. The van der Waals surface area contributed by atoms with E-state index < -0.39 is 34.2 Å². The Morgan fingerprint density at radius 3 is 2.31 bits per heavy atom. The van der Waals surface area contributed by atoms with Crippen LogP contribution < -0.4 is 10.5 Å². The summed E-state index contributed by atoms with van der Waals surface area (Å²) in [5.74, 6) is -1.96. The second-order valence-electron chi connectivity index (χ2n) is 6.97. The number of methoxy groups -OCH3 is 1. The molecule has 1 aromatic rings. The highest BCUT2D eigenvalue weighted by Crippen LogP contribution is 2.53. The van der Waals surface area contributed by atoms with Gasteiger partial charge in [-0.25, -0.2) is 0 Å². The summed E-state index contributed by atoms with van der Waals surface area (Å²) in [5.41, 5.74) is 1.06. The van der Waals surface area contributed by atoms with Gasteiger partial charge in [0.1, 0.15) is 16.8 Å². The first-order valence-corrected chi connectivity index (χ1v) is 9.77. The summed E-state index contributed by atoms with van der Waals surface area (Å²) in [7, 11) is 1.81. The number of carboxylic acid groups (broad SMARTS) is 1. The lowest BCUT2D eigenvalue weighted by Crippen LogP contribution is -2.62. The van der Waals surface area contributed by atoms with Crippen molar-refractivity contribution in [2.75, 3.05) is 7.11 Å². The number of hydrogen-bond acceptors (Lipinski definition) is 5. The van der Waals surface area contributed by atoms with E-state index in [2.05, 4.69) is 0 Å². The fraction of sp³-hybridized carbons (Fsp3) is 0.500. The van der Waals surface area contributed by atoms with Crippen LogP contribution in [0.1, 0.15) is 42.5 Å². The second kappa shape index (κ2) is 7.59. The van der Waals surface area contributed by atoms with Crippen LogP contribution in [0, 0.1) is 5.41 Å². The number of primary amides is 1. The quantitative estimate of drug-likeness (QED) is 0.461. The lowest BCUT2D eigenvalue weighted by molar-refractivity contribution is -0.170. The fourth-order valence-corrected chi connectivity index (χ4v) is 5.55. The SMILES string of the molecule is COc1ccc(C(=O)C2(O)CCCCC2(C(=O)O)C([SiH3])CC(N)=O)cc1. The molecule has 0 spiro atoms. The highest BCUT2D eigenvalue weighted by Gasteiger charge is 2.63. The third kappa shape index (κ3) is 3.26. The number of benzene rings is 1. The van der Waals surface area contributed by atoms with Crippen molar-refractivity contribution < 1.29 is 29.3 Å². The number of aliphatic hydroxyl groups is 1. The number of nitrogens with two attached hydrogens (primary N) is 1. The number of hydrogen-bond donors (Lipinski definition) is 3. The summed E-state index contributed by atoms with van der Waals surface area (Å²) in [6.07, 6.45) is 1.14. The molecular weight excluding hydrogens is 354 g/mol. The standard InChI is InChI=1S/C18H25NO6Si/c1-25-12-6-4-11(5-7-12)15(21)18(24)9-3-2-8-17(18,16(22)23)13(26)10-14(19)20/h4-7,13,24H,2-3,8-10H2,1,26H3,(H2,19,20)(H,22,23). The Bertz CT molecular complexity index is 706. The van der Waals surface area contributed by atoms with Crippen LogP contribution in [0.5, 0.6) is 5.75 Å². The van der Waals surface area contributed by atoms with E-state index in [0.29, 0.717) is 28.8 Å². The normalized spacial score (nSPS) is 26.8. The maximum Gasteiger partial charge on any atom is 0.313 e. The summed E-state index contributed by atoms with van der Waals surface area (Å²) in [6, 6.07) is 6.19. The number of Topliss-reactive ketones (excluding diaryl/α,β-unsaturated/α-hetero) is 1.